The Hall–Kier alpha value is 2.99. The molecule has 0 saturated carbocycles. The molecule has 0 atom stereocenters. The van der Waals surface area contributed by atoms with E-state index in [0.717, 1.165) is 0 Å². The van der Waals surface area contributed by atoms with Gasteiger partial charge in [0, 0.05) is 0 Å². The quantitative estimate of drug-likeness (QED) is 0.434. The van der Waals surface area contributed by atoms with Crippen molar-refractivity contribution in [1.29, 1.82) is 0 Å². The van der Waals surface area contributed by atoms with E-state index < -0.39 is 0 Å². The van der Waals surface area contributed by atoms with Crippen molar-refractivity contribution >= 4 is 66.6 Å². The second kappa shape index (κ2) is 28.1. The van der Waals surface area contributed by atoms with Crippen molar-refractivity contribution in [3.05, 3.63) is 0 Å². The first kappa shape index (κ1) is 24.5. The molecular weight excluding hydrogens is 194 g/mol. The molecule has 0 unspecified atom stereocenters. The fraction of sp³-hybridized carbons (Fsp3) is 0. The molecule has 1 N–H and O–H groups in total. The standard InChI is InChI=1S/BrH.Ca.ClHO.Na.3H/c;;1-2;;;;/h1H;;2H;;;;/q;+2;;+1;3*-1. The molecular formula is H5BrCaClNaO. The van der Waals surface area contributed by atoms with Gasteiger partial charge < -0.3 is 4.28 Å². The zero-order chi connectivity index (χ0) is 2.00. The van der Waals surface area contributed by atoms with Gasteiger partial charge in [0.1, 0.15) is 0 Å². The second-order valence-electron chi connectivity index (χ2n) is 0. The summed E-state index contributed by atoms with van der Waals surface area (Å²) in [5.41, 5.74) is 0. The van der Waals surface area contributed by atoms with Crippen LogP contribution in [0.25, 0.3) is 0 Å². The molecule has 28 valence electrons. The Labute approximate surface area is 103 Å². The van der Waals surface area contributed by atoms with Crippen molar-refractivity contribution in [2.75, 3.05) is 0 Å². The van der Waals surface area contributed by atoms with Crippen molar-refractivity contribution < 1.29 is 38.5 Å². The topological polar surface area (TPSA) is 20.2 Å². The summed E-state index contributed by atoms with van der Waals surface area (Å²) in [6, 6.07) is 0. The van der Waals surface area contributed by atoms with Gasteiger partial charge in [-0.3, -0.25) is 4.66 Å². The Balaban J connectivity index is -0.000000000333. The number of hydrogen-bond acceptors (Lipinski definition) is 1. The summed E-state index contributed by atoms with van der Waals surface area (Å²) >= 11 is 3.64. The maximum atomic E-state index is 6.47. The predicted molar refractivity (Wildman–Crippen MR) is 27.5 cm³/mol. The normalized spacial score (nSPS) is 1.20. The molecule has 0 aromatic carbocycles. The van der Waals surface area contributed by atoms with Crippen LogP contribution < -0.4 is 29.6 Å². The van der Waals surface area contributed by atoms with Gasteiger partial charge in [0.2, 0.25) is 0 Å². The molecule has 0 rings (SSSR count). The third-order valence-corrected chi connectivity index (χ3v) is 0. The minimum atomic E-state index is 0. The number of halogens is 2. The van der Waals surface area contributed by atoms with Crippen LogP contribution in [0.5, 0.6) is 0 Å². The summed E-state index contributed by atoms with van der Waals surface area (Å²) in [7, 11) is 0. The molecule has 0 saturated heterocycles. The molecule has 0 amide bonds. The van der Waals surface area contributed by atoms with Gasteiger partial charge in [-0.25, -0.2) is 0 Å². The molecule has 0 radical (unpaired) electrons. The maximum absolute atomic E-state index is 6.47. The monoisotopic (exact) mass is 198 g/mol. The number of rotatable bonds is 0. The van der Waals surface area contributed by atoms with E-state index in [-0.39, 0.29) is 88.6 Å². The first-order valence-corrected chi connectivity index (χ1v) is 0.507. The average Bonchev–Trinajstić information content (AvgIpc) is 1.00. The van der Waals surface area contributed by atoms with Gasteiger partial charge in [0.05, 0.1) is 11.9 Å². The van der Waals surface area contributed by atoms with Crippen molar-refractivity contribution in [1.82, 2.24) is 0 Å². The van der Waals surface area contributed by atoms with Gasteiger partial charge in [0.25, 0.3) is 0 Å². The molecule has 0 aliphatic heterocycles. The van der Waals surface area contributed by atoms with E-state index in [9.17, 15) is 0 Å². The second-order valence-corrected chi connectivity index (χ2v) is 0. The number of hydrogen-bond donors (Lipinski definition) is 1. The Morgan fingerprint density at radius 1 is 1.40 bits per heavy atom. The first-order chi connectivity index (χ1) is 1.00. The minimum absolute atomic E-state index is 0. The Bertz CT molecular complexity index is 19.2. The van der Waals surface area contributed by atoms with Gasteiger partial charge in [-0.2, -0.15) is 0 Å². The summed E-state index contributed by atoms with van der Waals surface area (Å²) in [6.45, 7) is 0. The largest absolute Gasteiger partial charge is 2.00 e. The molecule has 0 aliphatic carbocycles. The van der Waals surface area contributed by atoms with E-state index >= 15 is 0 Å². The van der Waals surface area contributed by atoms with Crippen LogP contribution in [-0.4, -0.2) is 42.4 Å². The van der Waals surface area contributed by atoms with E-state index in [4.69, 9.17) is 4.66 Å². The first-order valence-electron chi connectivity index (χ1n) is 0.169. The summed E-state index contributed by atoms with van der Waals surface area (Å²) in [5.74, 6) is 0. The van der Waals surface area contributed by atoms with Crippen molar-refractivity contribution in [2.45, 2.75) is 0 Å². The maximum Gasteiger partial charge on any atom is 2.00 e. The third-order valence-electron chi connectivity index (χ3n) is 0. The third kappa shape index (κ3) is 19.5. The van der Waals surface area contributed by atoms with Crippen molar-refractivity contribution in [3.63, 3.8) is 0 Å². The van der Waals surface area contributed by atoms with E-state index in [0.29, 0.717) is 0 Å². The fourth-order valence-corrected chi connectivity index (χ4v) is 0. The summed E-state index contributed by atoms with van der Waals surface area (Å²) in [6.07, 6.45) is 0. The molecule has 1 nitrogen and oxygen atoms in total. The van der Waals surface area contributed by atoms with Crippen LogP contribution in [0, 0.1) is 0 Å². The Morgan fingerprint density at radius 2 is 1.40 bits per heavy atom. The average molecular weight is 199 g/mol. The van der Waals surface area contributed by atoms with Gasteiger partial charge >= 0.3 is 67.3 Å². The van der Waals surface area contributed by atoms with Crippen LogP contribution in [0.15, 0.2) is 0 Å². The smallest absolute Gasteiger partial charge is 1.00 e. The molecule has 0 aromatic rings. The summed E-state index contributed by atoms with van der Waals surface area (Å²) in [4.78, 5) is 0. The van der Waals surface area contributed by atoms with Crippen molar-refractivity contribution in [3.8, 4) is 0 Å². The molecule has 0 aliphatic rings. The van der Waals surface area contributed by atoms with E-state index in [2.05, 4.69) is 11.9 Å². The van der Waals surface area contributed by atoms with Crippen LogP contribution in [0.2, 0.25) is 0 Å². The fourth-order valence-electron chi connectivity index (χ4n) is 0. The zero-order valence-electron chi connectivity index (χ0n) is 5.94. The molecule has 5 heteroatoms. The Morgan fingerprint density at radius 3 is 1.40 bits per heavy atom. The van der Waals surface area contributed by atoms with E-state index in [1.165, 1.54) is 0 Å². The minimum Gasteiger partial charge on any atom is -1.00 e. The van der Waals surface area contributed by atoms with Gasteiger partial charge in [0.15, 0.2) is 0 Å². The van der Waals surface area contributed by atoms with E-state index in [1.807, 2.05) is 0 Å². The van der Waals surface area contributed by atoms with Gasteiger partial charge in [-0.05, 0) is 0 Å². The molecule has 0 heterocycles. The van der Waals surface area contributed by atoms with Gasteiger partial charge in [-0.15, -0.1) is 17.0 Å². The predicted octanol–water partition coefficient (Wildman–Crippen LogP) is -2.33. The summed E-state index contributed by atoms with van der Waals surface area (Å²) in [5, 5.41) is 0. The zero-order valence-corrected chi connectivity index (χ0v) is 9.62. The Kier molecular flexibility index (Phi) is 138. The molecule has 0 spiro atoms. The van der Waals surface area contributed by atoms with Crippen LogP contribution in [-0.2, 0) is 0 Å². The van der Waals surface area contributed by atoms with Crippen molar-refractivity contribution in [2.24, 2.45) is 0 Å². The van der Waals surface area contributed by atoms with Gasteiger partial charge in [-0.1, -0.05) is 0 Å². The SMILES string of the molecule is Br.OCl.[Ca+2].[H-].[H-].[H-].[Na+]. The molecule has 0 bridgehead atoms. The van der Waals surface area contributed by atoms with E-state index in [1.54, 1.807) is 0 Å². The molecule has 5 heavy (non-hydrogen) atoms. The molecule has 0 fully saturated rings. The molecule has 0 aromatic heterocycles. The van der Waals surface area contributed by atoms with Crippen LogP contribution in [0.4, 0.5) is 0 Å². The van der Waals surface area contributed by atoms with Crippen LogP contribution in [0.1, 0.15) is 4.28 Å². The van der Waals surface area contributed by atoms with Crippen LogP contribution >= 0.6 is 28.8 Å². The van der Waals surface area contributed by atoms with Crippen LogP contribution in [0.3, 0.4) is 0 Å². The summed E-state index contributed by atoms with van der Waals surface area (Å²) < 4.78 is 6.47.